The lowest BCUT2D eigenvalue weighted by Gasteiger charge is -2.31. The van der Waals surface area contributed by atoms with Crippen LogP contribution in [0.15, 0.2) is 47.3 Å². The Morgan fingerprint density at radius 2 is 1.75 bits per heavy atom. The highest BCUT2D eigenvalue weighted by molar-refractivity contribution is 5.95. The molecule has 3 atom stereocenters. The van der Waals surface area contributed by atoms with E-state index in [2.05, 4.69) is 16.0 Å². The first-order valence-corrected chi connectivity index (χ1v) is 20.7. The molecule has 2 aliphatic heterocycles. The average molecular weight is 837 g/mol. The van der Waals surface area contributed by atoms with E-state index in [0.717, 1.165) is 22.1 Å². The molecule has 320 valence electrons. The van der Waals surface area contributed by atoms with Gasteiger partial charge in [-0.25, -0.2) is 14.2 Å². The van der Waals surface area contributed by atoms with Gasteiger partial charge in [-0.2, -0.15) is 0 Å². The van der Waals surface area contributed by atoms with Gasteiger partial charge in [0.25, 0.3) is 5.56 Å². The SMILES string of the molecule is CC[C@@]1(O)C(=O)OCc2c1cc1n(c2=O)Cc2c-1nc1cc(F)c(C)c3c1c2[C@@H](NC(=O)CCCNC(=O)CCC(=O)[C@H](Cc1ccccc1)NC(=O)CCC(=O)CN)CC3. The maximum atomic E-state index is 15.3. The summed E-state index contributed by atoms with van der Waals surface area (Å²) in [7, 11) is 0. The lowest BCUT2D eigenvalue weighted by atomic mass is 9.81. The third kappa shape index (κ3) is 8.59. The zero-order valence-electron chi connectivity index (χ0n) is 34.2. The number of nitrogens with two attached hydrogens (primary N) is 1. The Kier molecular flexibility index (Phi) is 12.6. The predicted molar refractivity (Wildman–Crippen MR) is 220 cm³/mol. The van der Waals surface area contributed by atoms with Gasteiger partial charge in [-0.05, 0) is 67.3 Å². The first-order chi connectivity index (χ1) is 29.2. The number of amides is 3. The molecular formula is C45H49FN6O9. The number of hydrogen-bond acceptors (Lipinski definition) is 11. The fraction of sp³-hybridized carbons (Fsp3) is 0.422. The Morgan fingerprint density at radius 3 is 2.49 bits per heavy atom. The number of fused-ring (bicyclic) bond motifs is 5. The Morgan fingerprint density at radius 1 is 1.00 bits per heavy atom. The number of aliphatic hydroxyl groups is 1. The summed E-state index contributed by atoms with van der Waals surface area (Å²) in [6.07, 6.45) is 1.09. The number of cyclic esters (lactones) is 1. The van der Waals surface area contributed by atoms with Crippen molar-refractivity contribution in [2.45, 2.75) is 109 Å². The molecule has 0 bridgehead atoms. The molecule has 0 fully saturated rings. The first kappa shape index (κ1) is 43.0. The normalized spacial score (nSPS) is 17.7. The number of carbonyl (C=O) groups excluding carboxylic acids is 6. The van der Waals surface area contributed by atoms with Crippen molar-refractivity contribution in [3.05, 3.63) is 97.6 Å². The van der Waals surface area contributed by atoms with Crippen LogP contribution in [0.4, 0.5) is 4.39 Å². The molecule has 7 rings (SSSR count). The number of carbonyl (C=O) groups is 6. The Balaban J connectivity index is 1.00. The number of nitrogens with zero attached hydrogens (tertiary/aromatic N) is 2. The monoisotopic (exact) mass is 836 g/mol. The van der Waals surface area contributed by atoms with Crippen LogP contribution < -0.4 is 27.2 Å². The van der Waals surface area contributed by atoms with Gasteiger partial charge in [0, 0.05) is 61.2 Å². The molecule has 15 nitrogen and oxygen atoms in total. The lowest BCUT2D eigenvalue weighted by Crippen LogP contribution is -2.44. The number of benzene rings is 2. The van der Waals surface area contributed by atoms with Crippen molar-refractivity contribution >= 4 is 46.2 Å². The van der Waals surface area contributed by atoms with E-state index >= 15 is 4.39 Å². The maximum Gasteiger partial charge on any atom is 0.343 e. The third-order valence-corrected chi connectivity index (χ3v) is 12.1. The number of ether oxygens (including phenoxy) is 1. The molecule has 4 heterocycles. The maximum absolute atomic E-state index is 15.3. The molecule has 2 aromatic heterocycles. The van der Waals surface area contributed by atoms with Crippen molar-refractivity contribution in [1.82, 2.24) is 25.5 Å². The molecule has 0 unspecified atom stereocenters. The van der Waals surface area contributed by atoms with E-state index in [1.165, 1.54) is 10.6 Å². The molecule has 0 radical (unpaired) electrons. The highest BCUT2D eigenvalue weighted by Gasteiger charge is 2.46. The van der Waals surface area contributed by atoms with Crippen molar-refractivity contribution in [2.75, 3.05) is 13.1 Å². The number of aryl methyl sites for hydroxylation is 1. The molecule has 2 aromatic carbocycles. The molecule has 4 aromatic rings. The number of rotatable bonds is 17. The predicted octanol–water partition coefficient (Wildman–Crippen LogP) is 2.91. The molecule has 0 saturated heterocycles. The van der Waals surface area contributed by atoms with E-state index in [1.807, 2.05) is 30.3 Å². The molecule has 6 N–H and O–H groups in total. The van der Waals surface area contributed by atoms with Crippen LogP contribution in [-0.2, 0) is 65.1 Å². The van der Waals surface area contributed by atoms with Crippen LogP contribution in [0.3, 0.4) is 0 Å². The fourth-order valence-electron chi connectivity index (χ4n) is 8.66. The standard InChI is InChI=1S/C45H49FN6O9/c1-3-45(60)30-19-35-42-28(22-52(35)43(58)29(30)23-61-44(45)59)41-32(13-12-27-24(2)31(46)20-34(51-42)40(27)41)49-38(56)10-7-17-48-37(55)16-14-36(54)33(18-25-8-5-4-6-9-25)50-39(57)15-11-26(53)21-47/h4-6,8-9,19-20,32-33,60H,3,7,10-18,21-23,47H2,1-2H3,(H,48,55)(H,49,56)(H,50,57)/t32-,33-,45-/m0/s1. The second kappa shape index (κ2) is 17.8. The number of nitrogens with one attached hydrogen (secondary N) is 3. The van der Waals surface area contributed by atoms with Crippen LogP contribution in [0.1, 0.15) is 103 Å². The van der Waals surface area contributed by atoms with Gasteiger partial charge in [0.15, 0.2) is 11.4 Å². The summed E-state index contributed by atoms with van der Waals surface area (Å²) in [5, 5.41) is 20.6. The van der Waals surface area contributed by atoms with Crippen LogP contribution in [0.5, 0.6) is 0 Å². The van der Waals surface area contributed by atoms with E-state index in [1.54, 1.807) is 19.9 Å². The molecule has 3 amide bonds. The zero-order chi connectivity index (χ0) is 43.6. The van der Waals surface area contributed by atoms with Crippen molar-refractivity contribution in [2.24, 2.45) is 5.73 Å². The van der Waals surface area contributed by atoms with Gasteiger partial charge in [0.1, 0.15) is 18.2 Å². The fourth-order valence-corrected chi connectivity index (χ4v) is 8.66. The highest BCUT2D eigenvalue weighted by Crippen LogP contribution is 2.46. The third-order valence-electron chi connectivity index (χ3n) is 12.1. The van der Waals surface area contributed by atoms with E-state index in [4.69, 9.17) is 15.5 Å². The summed E-state index contributed by atoms with van der Waals surface area (Å²) in [5.74, 6) is -3.00. The summed E-state index contributed by atoms with van der Waals surface area (Å²) in [6, 6.07) is 10.7. The van der Waals surface area contributed by atoms with Gasteiger partial charge in [0.2, 0.25) is 17.7 Å². The number of ketones is 2. The van der Waals surface area contributed by atoms with E-state index in [9.17, 15) is 38.7 Å². The summed E-state index contributed by atoms with van der Waals surface area (Å²) >= 11 is 0. The van der Waals surface area contributed by atoms with Crippen molar-refractivity contribution < 1.29 is 43.0 Å². The molecular weight excluding hydrogens is 788 g/mol. The lowest BCUT2D eigenvalue weighted by molar-refractivity contribution is -0.172. The Hall–Kier alpha value is -6.13. The zero-order valence-corrected chi connectivity index (χ0v) is 34.2. The molecule has 1 aliphatic carbocycles. The molecule has 16 heteroatoms. The van der Waals surface area contributed by atoms with Crippen LogP contribution in [-0.4, -0.2) is 69.0 Å². The van der Waals surface area contributed by atoms with Gasteiger partial charge >= 0.3 is 5.97 Å². The topological polar surface area (TPSA) is 229 Å². The van der Waals surface area contributed by atoms with E-state index < -0.39 is 46.8 Å². The van der Waals surface area contributed by atoms with Crippen molar-refractivity contribution in [3.8, 4) is 11.4 Å². The van der Waals surface area contributed by atoms with Crippen LogP contribution >= 0.6 is 0 Å². The molecule has 0 saturated carbocycles. The van der Waals surface area contributed by atoms with Crippen molar-refractivity contribution in [1.29, 1.82) is 0 Å². The molecule has 3 aliphatic rings. The number of halogens is 1. The van der Waals surface area contributed by atoms with Gasteiger partial charge in [0.05, 0.1) is 47.6 Å². The molecule has 0 spiro atoms. The van der Waals surface area contributed by atoms with Gasteiger partial charge in [-0.15, -0.1) is 0 Å². The summed E-state index contributed by atoms with van der Waals surface area (Å²) in [6.45, 7) is 3.15. The van der Waals surface area contributed by atoms with Crippen LogP contribution in [0.25, 0.3) is 22.3 Å². The van der Waals surface area contributed by atoms with Crippen LogP contribution in [0.2, 0.25) is 0 Å². The first-order valence-electron chi connectivity index (χ1n) is 20.7. The number of aromatic nitrogens is 2. The number of pyridine rings is 2. The Labute approximate surface area is 350 Å². The minimum Gasteiger partial charge on any atom is -0.458 e. The number of esters is 1. The van der Waals surface area contributed by atoms with E-state index in [-0.39, 0.29) is 99.8 Å². The molecule has 61 heavy (non-hydrogen) atoms. The second-order valence-electron chi connectivity index (χ2n) is 15.9. The summed E-state index contributed by atoms with van der Waals surface area (Å²) < 4.78 is 22.0. The highest BCUT2D eigenvalue weighted by atomic mass is 19.1. The quantitative estimate of drug-likeness (QED) is 0.0676. The average Bonchev–Trinajstić information content (AvgIpc) is 3.63. The van der Waals surface area contributed by atoms with Gasteiger partial charge in [-0.1, -0.05) is 37.3 Å². The number of Topliss-reactive ketones (excluding diaryl/α,β-unsaturated/α-hetero) is 2. The van der Waals surface area contributed by atoms with Crippen molar-refractivity contribution in [3.63, 3.8) is 0 Å². The largest absolute Gasteiger partial charge is 0.458 e. The Bertz CT molecular complexity index is 2520. The minimum absolute atomic E-state index is 0.0190. The van der Waals surface area contributed by atoms with Gasteiger partial charge in [-0.3, -0.25) is 28.8 Å². The minimum atomic E-state index is -2.01. The van der Waals surface area contributed by atoms with Crippen LogP contribution in [0, 0.1) is 12.7 Å². The second-order valence-corrected chi connectivity index (χ2v) is 15.9. The smallest absolute Gasteiger partial charge is 0.343 e. The summed E-state index contributed by atoms with van der Waals surface area (Å²) in [4.78, 5) is 95.1. The van der Waals surface area contributed by atoms with E-state index in [0.29, 0.717) is 47.3 Å². The van der Waals surface area contributed by atoms with Gasteiger partial charge < -0.3 is 36.1 Å². The summed E-state index contributed by atoms with van der Waals surface area (Å²) in [5.41, 5.74) is 7.88. The number of hydrogen-bond donors (Lipinski definition) is 5.